The van der Waals surface area contributed by atoms with Gasteiger partial charge < -0.3 is 4.57 Å². The van der Waals surface area contributed by atoms with Crippen molar-refractivity contribution in [3.8, 4) is 0 Å². The number of benzene rings is 1. The van der Waals surface area contributed by atoms with Gasteiger partial charge in [0.25, 0.3) is 0 Å². The summed E-state index contributed by atoms with van der Waals surface area (Å²) in [7, 11) is -3.51. The van der Waals surface area contributed by atoms with Gasteiger partial charge >= 0.3 is 0 Å². The number of rotatable bonds is 5. The van der Waals surface area contributed by atoms with E-state index in [2.05, 4.69) is 21.5 Å². The highest BCUT2D eigenvalue weighted by Crippen LogP contribution is 2.29. The summed E-state index contributed by atoms with van der Waals surface area (Å²) < 4.78 is 29.6. The molecule has 3 aromatic rings. The lowest BCUT2D eigenvalue weighted by molar-refractivity contribution is 0.178. The van der Waals surface area contributed by atoms with Crippen LogP contribution < -0.4 is 0 Å². The van der Waals surface area contributed by atoms with Crippen LogP contribution in [-0.4, -0.2) is 40.3 Å². The minimum Gasteiger partial charge on any atom is -0.335 e. The van der Waals surface area contributed by atoms with Crippen molar-refractivity contribution in [2.45, 2.75) is 24.8 Å². The van der Waals surface area contributed by atoms with Gasteiger partial charge in [0.1, 0.15) is 10.7 Å². The predicted octanol–water partition coefficient (Wildman–Crippen LogP) is 2.31. The van der Waals surface area contributed by atoms with Gasteiger partial charge in [-0.05, 0) is 12.1 Å². The molecule has 0 N–H and O–H groups in total. The smallest absolute Gasteiger partial charge is 0.245 e. The molecule has 1 aliphatic rings. The molecule has 0 radical (unpaired) electrons. The van der Waals surface area contributed by atoms with Crippen LogP contribution in [-0.2, 0) is 23.0 Å². The van der Waals surface area contributed by atoms with Gasteiger partial charge in [0.2, 0.25) is 10.0 Å². The fraction of sp³-hybridized carbons (Fsp3) is 0.333. The predicted molar refractivity (Wildman–Crippen MR) is 95.6 cm³/mol. The summed E-state index contributed by atoms with van der Waals surface area (Å²) in [5.41, 5.74) is 0.538. The Morgan fingerprint density at radius 1 is 1.12 bits per heavy atom. The average Bonchev–Trinajstić information content (AvgIpc) is 3.04. The van der Waals surface area contributed by atoms with Crippen LogP contribution in [0.1, 0.15) is 12.7 Å². The summed E-state index contributed by atoms with van der Waals surface area (Å²) in [5, 5.41) is 0.839. The third kappa shape index (κ3) is 2.83. The molecule has 0 atom stereocenters. The third-order valence-electron chi connectivity index (χ3n) is 4.71. The molecule has 4 rings (SSSR count). The second kappa shape index (κ2) is 6.24. The number of pyridine rings is 1. The number of aromatic nitrogens is 3. The minimum atomic E-state index is -3.51. The van der Waals surface area contributed by atoms with E-state index in [4.69, 9.17) is 0 Å². The first-order chi connectivity index (χ1) is 12.1. The number of hydrogen-bond acceptors (Lipinski definition) is 4. The Labute approximate surface area is 147 Å². The third-order valence-corrected chi connectivity index (χ3v) is 6.57. The first kappa shape index (κ1) is 16.2. The van der Waals surface area contributed by atoms with Crippen LogP contribution in [0.3, 0.4) is 0 Å². The van der Waals surface area contributed by atoms with E-state index in [-0.39, 0.29) is 0 Å². The Hall–Kier alpha value is -2.25. The van der Waals surface area contributed by atoms with Gasteiger partial charge in [0.05, 0.1) is 5.52 Å². The van der Waals surface area contributed by atoms with Crippen molar-refractivity contribution < 1.29 is 8.42 Å². The van der Waals surface area contributed by atoms with Gasteiger partial charge in [0.15, 0.2) is 0 Å². The zero-order valence-corrected chi connectivity index (χ0v) is 14.9. The molecule has 0 unspecified atom stereocenters. The quantitative estimate of drug-likeness (QED) is 0.703. The van der Waals surface area contributed by atoms with Gasteiger partial charge in [-0.3, -0.25) is 4.98 Å². The molecule has 3 heterocycles. The molecule has 0 spiro atoms. The van der Waals surface area contributed by atoms with E-state index in [0.717, 1.165) is 24.2 Å². The Morgan fingerprint density at radius 2 is 1.92 bits per heavy atom. The second-order valence-corrected chi connectivity index (χ2v) is 8.28. The van der Waals surface area contributed by atoms with Crippen molar-refractivity contribution in [1.29, 1.82) is 0 Å². The zero-order chi connectivity index (χ0) is 17.4. The van der Waals surface area contributed by atoms with Gasteiger partial charge in [-0.1, -0.05) is 25.1 Å². The summed E-state index contributed by atoms with van der Waals surface area (Å²) in [6, 6.07) is 8.99. The van der Waals surface area contributed by atoms with Crippen LogP contribution >= 0.6 is 0 Å². The Kier molecular flexibility index (Phi) is 4.05. The van der Waals surface area contributed by atoms with Gasteiger partial charge in [0, 0.05) is 55.9 Å². The maximum Gasteiger partial charge on any atom is 0.245 e. The first-order valence-corrected chi connectivity index (χ1v) is 9.87. The maximum atomic E-state index is 13.0. The molecule has 25 heavy (non-hydrogen) atoms. The molecule has 0 amide bonds. The van der Waals surface area contributed by atoms with E-state index in [1.54, 1.807) is 28.8 Å². The lowest BCUT2D eigenvalue weighted by atomic mass is 10.0. The largest absolute Gasteiger partial charge is 0.335 e. The average molecular weight is 356 g/mol. The van der Waals surface area contributed by atoms with Crippen LogP contribution in [0.4, 0.5) is 0 Å². The van der Waals surface area contributed by atoms with Crippen LogP contribution in [0.2, 0.25) is 0 Å². The van der Waals surface area contributed by atoms with Crippen molar-refractivity contribution >= 4 is 20.9 Å². The molecule has 0 bridgehead atoms. The van der Waals surface area contributed by atoms with Gasteiger partial charge in [-0.25, -0.2) is 13.4 Å². The number of nitrogens with zero attached hydrogens (tertiary/aromatic N) is 4. The number of sulfonamides is 1. The SMILES string of the molecule is CCc1nccn1CC1CN(S(=O)(=O)c2cccc3cccnc23)C1. The first-order valence-electron chi connectivity index (χ1n) is 8.43. The maximum absolute atomic E-state index is 13.0. The molecular weight excluding hydrogens is 336 g/mol. The van der Waals surface area contributed by atoms with Crippen molar-refractivity contribution in [2.24, 2.45) is 5.92 Å². The minimum absolute atomic E-state index is 0.293. The van der Waals surface area contributed by atoms with E-state index < -0.39 is 10.0 Å². The molecular formula is C18H20N4O2S. The summed E-state index contributed by atoms with van der Waals surface area (Å²) in [4.78, 5) is 8.88. The molecule has 1 fully saturated rings. The molecule has 0 saturated carbocycles. The number of imidazole rings is 1. The second-order valence-electron chi connectivity index (χ2n) is 6.37. The zero-order valence-electron chi connectivity index (χ0n) is 14.0. The lowest BCUT2D eigenvalue weighted by Gasteiger charge is -2.38. The molecule has 1 saturated heterocycles. The van der Waals surface area contributed by atoms with Crippen LogP contribution in [0.15, 0.2) is 53.8 Å². The Balaban J connectivity index is 1.53. The van der Waals surface area contributed by atoms with E-state index in [1.165, 1.54) is 0 Å². The van der Waals surface area contributed by atoms with Crippen LogP contribution in [0, 0.1) is 5.92 Å². The van der Waals surface area contributed by atoms with Crippen LogP contribution in [0.25, 0.3) is 10.9 Å². The monoisotopic (exact) mass is 356 g/mol. The summed E-state index contributed by atoms with van der Waals surface area (Å²) in [6.45, 7) is 3.95. The lowest BCUT2D eigenvalue weighted by Crippen LogP contribution is -2.51. The highest BCUT2D eigenvalue weighted by Gasteiger charge is 2.37. The normalized spacial score (nSPS) is 16.2. The summed E-state index contributed by atoms with van der Waals surface area (Å²) >= 11 is 0. The fourth-order valence-electron chi connectivity index (χ4n) is 3.36. The molecule has 2 aromatic heterocycles. The fourth-order valence-corrected chi connectivity index (χ4v) is 5.11. The summed E-state index contributed by atoms with van der Waals surface area (Å²) in [6.07, 6.45) is 6.27. The number of fused-ring (bicyclic) bond motifs is 1. The van der Waals surface area contributed by atoms with E-state index in [9.17, 15) is 8.42 Å². The standard InChI is InChI=1S/C18H20N4O2S/c1-2-17-19-9-10-21(17)11-14-12-22(13-14)25(23,24)16-7-3-5-15-6-4-8-20-18(15)16/h3-10,14H,2,11-13H2,1H3. The summed E-state index contributed by atoms with van der Waals surface area (Å²) in [5.74, 6) is 1.36. The van der Waals surface area contributed by atoms with Gasteiger partial charge in [-0.2, -0.15) is 4.31 Å². The van der Waals surface area contributed by atoms with E-state index in [1.807, 2.05) is 24.4 Å². The molecule has 1 aliphatic heterocycles. The van der Waals surface area contributed by atoms with E-state index >= 15 is 0 Å². The molecule has 130 valence electrons. The Bertz CT molecular complexity index is 1000. The molecule has 1 aromatic carbocycles. The topological polar surface area (TPSA) is 68.1 Å². The number of aryl methyl sites for hydroxylation is 1. The van der Waals surface area contributed by atoms with Crippen LogP contribution in [0.5, 0.6) is 0 Å². The molecule has 6 nitrogen and oxygen atoms in total. The van der Waals surface area contributed by atoms with Gasteiger partial charge in [-0.15, -0.1) is 0 Å². The highest BCUT2D eigenvalue weighted by molar-refractivity contribution is 7.89. The van der Waals surface area contributed by atoms with Crippen molar-refractivity contribution in [3.63, 3.8) is 0 Å². The highest BCUT2D eigenvalue weighted by atomic mass is 32.2. The number of para-hydroxylation sites is 1. The van der Waals surface area contributed by atoms with E-state index in [0.29, 0.717) is 29.4 Å². The number of hydrogen-bond donors (Lipinski definition) is 0. The van der Waals surface area contributed by atoms with Crippen molar-refractivity contribution in [1.82, 2.24) is 18.8 Å². The van der Waals surface area contributed by atoms with Crippen molar-refractivity contribution in [3.05, 3.63) is 54.7 Å². The molecule has 7 heteroatoms. The Morgan fingerprint density at radius 3 is 2.72 bits per heavy atom. The van der Waals surface area contributed by atoms with Crippen molar-refractivity contribution in [2.75, 3.05) is 13.1 Å². The molecule has 0 aliphatic carbocycles.